The van der Waals surface area contributed by atoms with Crippen molar-refractivity contribution in [1.82, 2.24) is 4.57 Å². The highest BCUT2D eigenvalue weighted by Crippen LogP contribution is 2.23. The number of carbonyl (C=O) groups is 1. The number of amides is 1. The molecular weight excluding hydrogens is 364 g/mol. The Morgan fingerprint density at radius 3 is 2.69 bits per heavy atom. The molecule has 0 aliphatic carbocycles. The zero-order valence-electron chi connectivity index (χ0n) is 15.4. The molecule has 1 amide bonds. The quantitative estimate of drug-likeness (QED) is 0.651. The Bertz CT molecular complexity index is 1020. The molecule has 1 aromatic heterocycles. The molecule has 0 radical (unpaired) electrons. The molecule has 2 aromatic carbocycles. The lowest BCUT2D eigenvalue weighted by Gasteiger charge is -2.05. The maximum absolute atomic E-state index is 12.7. The average Bonchev–Trinajstić information content (AvgIpc) is 2.98. The normalized spacial score (nSPS) is 11.9. The first-order chi connectivity index (χ1) is 12.5. The number of ether oxygens (including phenoxy) is 1. The second kappa shape index (κ2) is 8.10. The first-order valence-corrected chi connectivity index (χ1v) is 10.6. The van der Waals surface area contributed by atoms with Crippen molar-refractivity contribution in [3.63, 3.8) is 0 Å². The summed E-state index contributed by atoms with van der Waals surface area (Å²) in [6.07, 6.45) is 2.08. The van der Waals surface area contributed by atoms with E-state index in [-0.39, 0.29) is 5.91 Å². The maximum Gasteiger partial charge on any atom is 0.279 e. The van der Waals surface area contributed by atoms with Gasteiger partial charge in [0.1, 0.15) is 5.75 Å². The molecule has 0 fully saturated rings. The number of benzene rings is 2. The molecule has 0 aliphatic heterocycles. The van der Waals surface area contributed by atoms with E-state index >= 15 is 0 Å². The van der Waals surface area contributed by atoms with E-state index in [1.54, 1.807) is 18.9 Å². The van der Waals surface area contributed by atoms with Gasteiger partial charge >= 0.3 is 0 Å². The lowest BCUT2D eigenvalue weighted by atomic mass is 10.1. The number of thioether (sulfide) groups is 1. The Morgan fingerprint density at radius 2 is 2.00 bits per heavy atom. The molecule has 3 aromatic rings. The van der Waals surface area contributed by atoms with Gasteiger partial charge in [0.15, 0.2) is 4.80 Å². The van der Waals surface area contributed by atoms with E-state index in [1.165, 1.54) is 16.9 Å². The summed E-state index contributed by atoms with van der Waals surface area (Å²) < 4.78 is 8.51. The van der Waals surface area contributed by atoms with Gasteiger partial charge in [0.2, 0.25) is 0 Å². The van der Waals surface area contributed by atoms with Crippen molar-refractivity contribution in [3.8, 4) is 5.75 Å². The highest BCUT2D eigenvalue weighted by molar-refractivity contribution is 7.98. The number of carbonyl (C=O) groups excluding carboxylic acids is 1. The van der Waals surface area contributed by atoms with E-state index in [9.17, 15) is 4.79 Å². The van der Waals surface area contributed by atoms with E-state index in [0.29, 0.717) is 5.56 Å². The van der Waals surface area contributed by atoms with Gasteiger partial charge < -0.3 is 9.30 Å². The van der Waals surface area contributed by atoms with E-state index in [2.05, 4.69) is 15.8 Å². The molecule has 0 saturated heterocycles. The standard InChI is InChI=1S/C20H22N2O2S2/c1-13-5-6-15(11-14(13)2)19(23)21-20-22(9-10-25-4)17-8-7-16(24-3)12-18(17)26-20/h5-8,11-12H,9-10H2,1-4H3. The highest BCUT2D eigenvalue weighted by atomic mass is 32.2. The number of thiazole rings is 1. The third kappa shape index (κ3) is 3.86. The summed E-state index contributed by atoms with van der Waals surface area (Å²) in [6, 6.07) is 11.7. The third-order valence-corrected chi connectivity index (χ3v) is 5.99. The number of methoxy groups -OCH3 is 1. The molecular formula is C20H22N2O2S2. The van der Waals surface area contributed by atoms with Crippen LogP contribution in [0.2, 0.25) is 0 Å². The predicted octanol–water partition coefficient (Wildman–Crippen LogP) is 4.43. The Kier molecular flexibility index (Phi) is 5.84. The fraction of sp³-hybridized carbons (Fsp3) is 0.300. The molecule has 0 spiro atoms. The van der Waals surface area contributed by atoms with Crippen LogP contribution in [0.15, 0.2) is 41.4 Å². The van der Waals surface area contributed by atoms with E-state index in [1.807, 2.05) is 50.2 Å². The summed E-state index contributed by atoms with van der Waals surface area (Å²) in [5.41, 5.74) is 3.98. The summed E-state index contributed by atoms with van der Waals surface area (Å²) >= 11 is 3.30. The van der Waals surface area contributed by atoms with Gasteiger partial charge in [-0.1, -0.05) is 17.4 Å². The fourth-order valence-electron chi connectivity index (χ4n) is 2.69. The molecule has 3 rings (SSSR count). The maximum atomic E-state index is 12.7. The Labute approximate surface area is 161 Å². The molecule has 0 aliphatic rings. The molecule has 6 heteroatoms. The van der Waals surface area contributed by atoms with Crippen molar-refractivity contribution >= 4 is 39.2 Å². The second-order valence-electron chi connectivity index (χ2n) is 6.08. The lowest BCUT2D eigenvalue weighted by molar-refractivity contribution is 0.0998. The van der Waals surface area contributed by atoms with Crippen LogP contribution in [0.5, 0.6) is 5.75 Å². The van der Waals surface area contributed by atoms with Gasteiger partial charge in [0.25, 0.3) is 5.91 Å². The molecule has 136 valence electrons. The Morgan fingerprint density at radius 1 is 1.19 bits per heavy atom. The summed E-state index contributed by atoms with van der Waals surface area (Å²) in [5.74, 6) is 1.57. The molecule has 1 heterocycles. The predicted molar refractivity (Wildman–Crippen MR) is 111 cm³/mol. The van der Waals surface area contributed by atoms with Gasteiger partial charge in [-0.05, 0) is 61.6 Å². The van der Waals surface area contributed by atoms with Crippen molar-refractivity contribution in [3.05, 3.63) is 57.9 Å². The molecule has 0 atom stereocenters. The molecule has 0 bridgehead atoms. The van der Waals surface area contributed by atoms with Crippen molar-refractivity contribution in [2.75, 3.05) is 19.1 Å². The Hall–Kier alpha value is -2.05. The summed E-state index contributed by atoms with van der Waals surface area (Å²) in [4.78, 5) is 17.9. The Balaban J connectivity index is 2.10. The zero-order chi connectivity index (χ0) is 18.7. The van der Waals surface area contributed by atoms with Gasteiger partial charge in [-0.2, -0.15) is 16.8 Å². The summed E-state index contributed by atoms with van der Waals surface area (Å²) in [6.45, 7) is 4.86. The minimum atomic E-state index is -0.204. The first-order valence-electron chi connectivity index (χ1n) is 8.36. The van der Waals surface area contributed by atoms with Gasteiger partial charge in [-0.15, -0.1) is 0 Å². The van der Waals surface area contributed by atoms with Crippen LogP contribution in [-0.2, 0) is 6.54 Å². The summed E-state index contributed by atoms with van der Waals surface area (Å²) in [5, 5.41) is 0. The molecule has 0 unspecified atom stereocenters. The SMILES string of the molecule is COc1ccc2c(c1)sc(=NC(=O)c1ccc(C)c(C)c1)n2CCSC. The van der Waals surface area contributed by atoms with Crippen molar-refractivity contribution in [1.29, 1.82) is 0 Å². The molecule has 0 N–H and O–H groups in total. The number of hydrogen-bond donors (Lipinski definition) is 0. The van der Waals surface area contributed by atoms with E-state index < -0.39 is 0 Å². The number of rotatable bonds is 5. The number of fused-ring (bicyclic) bond motifs is 1. The number of aryl methyl sites for hydroxylation is 3. The number of nitrogens with zero attached hydrogens (tertiary/aromatic N) is 2. The average molecular weight is 387 g/mol. The monoisotopic (exact) mass is 386 g/mol. The first kappa shape index (κ1) is 18.7. The van der Waals surface area contributed by atoms with Crippen LogP contribution >= 0.6 is 23.1 Å². The fourth-order valence-corrected chi connectivity index (χ4v) is 4.14. The molecule has 26 heavy (non-hydrogen) atoms. The number of hydrogen-bond acceptors (Lipinski definition) is 4. The topological polar surface area (TPSA) is 43.6 Å². The van der Waals surface area contributed by atoms with Crippen molar-refractivity contribution in [2.45, 2.75) is 20.4 Å². The van der Waals surface area contributed by atoms with Gasteiger partial charge in [-0.3, -0.25) is 4.79 Å². The van der Waals surface area contributed by atoms with Crippen molar-refractivity contribution in [2.24, 2.45) is 4.99 Å². The summed E-state index contributed by atoms with van der Waals surface area (Å²) in [7, 11) is 1.66. The van der Waals surface area contributed by atoms with Crippen LogP contribution < -0.4 is 9.54 Å². The number of aromatic nitrogens is 1. The van der Waals surface area contributed by atoms with E-state index in [0.717, 1.165) is 38.6 Å². The van der Waals surface area contributed by atoms with Crippen LogP contribution in [0.1, 0.15) is 21.5 Å². The van der Waals surface area contributed by atoms with Gasteiger partial charge in [0.05, 0.1) is 17.3 Å². The zero-order valence-corrected chi connectivity index (χ0v) is 17.0. The van der Waals surface area contributed by atoms with Crippen LogP contribution in [0.25, 0.3) is 10.2 Å². The second-order valence-corrected chi connectivity index (χ2v) is 8.07. The largest absolute Gasteiger partial charge is 0.497 e. The lowest BCUT2D eigenvalue weighted by Crippen LogP contribution is -2.18. The minimum absolute atomic E-state index is 0.204. The molecule has 0 saturated carbocycles. The van der Waals surface area contributed by atoms with Crippen LogP contribution in [0.3, 0.4) is 0 Å². The van der Waals surface area contributed by atoms with Crippen LogP contribution in [0, 0.1) is 13.8 Å². The van der Waals surface area contributed by atoms with Crippen molar-refractivity contribution < 1.29 is 9.53 Å². The van der Waals surface area contributed by atoms with Crippen LogP contribution in [-0.4, -0.2) is 29.6 Å². The highest BCUT2D eigenvalue weighted by Gasteiger charge is 2.10. The van der Waals surface area contributed by atoms with E-state index in [4.69, 9.17) is 4.74 Å². The van der Waals surface area contributed by atoms with Gasteiger partial charge in [0, 0.05) is 17.9 Å². The molecule has 4 nitrogen and oxygen atoms in total. The van der Waals surface area contributed by atoms with Gasteiger partial charge in [-0.25, -0.2) is 0 Å². The minimum Gasteiger partial charge on any atom is -0.497 e. The third-order valence-electron chi connectivity index (χ3n) is 4.36. The smallest absolute Gasteiger partial charge is 0.279 e. The van der Waals surface area contributed by atoms with Crippen LogP contribution in [0.4, 0.5) is 0 Å².